The van der Waals surface area contributed by atoms with Crippen molar-refractivity contribution in [2.24, 2.45) is 0 Å². The molecule has 0 N–H and O–H groups in total. The average Bonchev–Trinajstić information content (AvgIpc) is 2.37. The van der Waals surface area contributed by atoms with Gasteiger partial charge in [-0.05, 0) is 20.8 Å². The van der Waals surface area contributed by atoms with E-state index in [4.69, 9.17) is 4.52 Å². The zero-order chi connectivity index (χ0) is 13.0. The van der Waals surface area contributed by atoms with E-state index in [1.165, 1.54) is 10.6 Å². The molecule has 0 unspecified atom stereocenters. The van der Waals surface area contributed by atoms with E-state index in [1.807, 2.05) is 12.1 Å². The van der Waals surface area contributed by atoms with Crippen LogP contribution in [0, 0.1) is 0 Å². The molecule has 94 valence electrons. The minimum Gasteiger partial charge on any atom is -0.344 e. The first-order valence-corrected chi connectivity index (χ1v) is 7.41. The molecule has 0 saturated carbocycles. The van der Waals surface area contributed by atoms with Crippen LogP contribution in [0.1, 0.15) is 20.8 Å². The molecule has 2 aromatic rings. The number of rotatable bonds is 3. The Kier molecular flexibility index (Phi) is 4.16. The van der Waals surface area contributed by atoms with E-state index >= 15 is 0 Å². The highest BCUT2D eigenvalue weighted by Crippen LogP contribution is 2.39. The van der Waals surface area contributed by atoms with Crippen molar-refractivity contribution in [1.29, 1.82) is 0 Å². The minimum absolute atomic E-state index is 0.141. The normalized spacial score (nSPS) is 11.8. The maximum atomic E-state index is 6.27. The maximum Gasteiger partial charge on any atom is 0.0925 e. The lowest BCUT2D eigenvalue weighted by atomic mass is 10.2. The topological polar surface area (TPSA) is 9.23 Å². The fourth-order valence-corrected chi connectivity index (χ4v) is 3.60. The first-order valence-electron chi connectivity index (χ1n) is 6.16. The van der Waals surface area contributed by atoms with E-state index in [0.29, 0.717) is 0 Å². The molecule has 1 nitrogen and oxygen atoms in total. The van der Waals surface area contributed by atoms with Gasteiger partial charge in [0.15, 0.2) is 0 Å². The molecule has 0 radical (unpaired) electrons. The highest BCUT2D eigenvalue weighted by atomic mass is 31.1. The van der Waals surface area contributed by atoms with Crippen LogP contribution in [0.5, 0.6) is 0 Å². The van der Waals surface area contributed by atoms with Gasteiger partial charge in [-0.2, -0.15) is 0 Å². The van der Waals surface area contributed by atoms with Crippen LogP contribution in [0.2, 0.25) is 0 Å². The summed E-state index contributed by atoms with van der Waals surface area (Å²) in [5, 5.41) is 2.52. The lowest BCUT2D eigenvalue weighted by Gasteiger charge is -2.27. The second kappa shape index (κ2) is 5.65. The predicted octanol–water partition coefficient (Wildman–Crippen LogP) is 3.85. The zero-order valence-electron chi connectivity index (χ0n) is 11.1. The number of hydrogen-bond acceptors (Lipinski definition) is 1. The molecule has 18 heavy (non-hydrogen) atoms. The van der Waals surface area contributed by atoms with Crippen LogP contribution in [-0.2, 0) is 4.52 Å². The van der Waals surface area contributed by atoms with Crippen molar-refractivity contribution in [2.75, 3.05) is 0 Å². The van der Waals surface area contributed by atoms with Crippen LogP contribution in [0.4, 0.5) is 0 Å². The quantitative estimate of drug-likeness (QED) is 0.760. The van der Waals surface area contributed by atoms with Crippen LogP contribution < -0.4 is 10.6 Å². The molecule has 0 atom stereocenters. The van der Waals surface area contributed by atoms with Gasteiger partial charge >= 0.3 is 0 Å². The molecule has 0 aliphatic carbocycles. The van der Waals surface area contributed by atoms with Gasteiger partial charge < -0.3 is 4.52 Å². The molecule has 0 spiro atoms. The van der Waals surface area contributed by atoms with Crippen LogP contribution in [0.25, 0.3) is 0 Å². The summed E-state index contributed by atoms with van der Waals surface area (Å²) in [6, 6.07) is 20.9. The van der Waals surface area contributed by atoms with E-state index in [0.717, 1.165) is 0 Å². The summed E-state index contributed by atoms with van der Waals surface area (Å²) in [4.78, 5) is 0. The first kappa shape index (κ1) is 13.3. The molecule has 2 rings (SSSR count). The van der Waals surface area contributed by atoms with E-state index in [1.54, 1.807) is 0 Å². The number of benzene rings is 2. The van der Waals surface area contributed by atoms with Crippen molar-refractivity contribution in [2.45, 2.75) is 26.4 Å². The van der Waals surface area contributed by atoms with Crippen LogP contribution >= 0.6 is 8.15 Å². The molecular weight excluding hydrogens is 239 g/mol. The monoisotopic (exact) mass is 258 g/mol. The SMILES string of the molecule is CC(C)(C)OP(c1ccccc1)c1ccccc1. The average molecular weight is 258 g/mol. The summed E-state index contributed by atoms with van der Waals surface area (Å²) in [6.45, 7) is 6.32. The van der Waals surface area contributed by atoms with E-state index in [-0.39, 0.29) is 5.60 Å². The summed E-state index contributed by atoms with van der Waals surface area (Å²) in [5.41, 5.74) is -0.141. The molecule has 0 aliphatic heterocycles. The van der Waals surface area contributed by atoms with Crippen LogP contribution in [0.15, 0.2) is 60.7 Å². The van der Waals surface area contributed by atoms with Crippen molar-refractivity contribution >= 4 is 18.8 Å². The maximum absolute atomic E-state index is 6.27. The molecular formula is C16H19OP. The van der Waals surface area contributed by atoms with Gasteiger partial charge in [-0.3, -0.25) is 0 Å². The molecule has 0 amide bonds. The Bertz CT molecular complexity index is 434. The zero-order valence-corrected chi connectivity index (χ0v) is 12.0. The predicted molar refractivity (Wildman–Crippen MR) is 79.9 cm³/mol. The van der Waals surface area contributed by atoms with Gasteiger partial charge in [-0.25, -0.2) is 0 Å². The Balaban J connectivity index is 2.36. The third kappa shape index (κ3) is 3.66. The molecule has 0 saturated heterocycles. The smallest absolute Gasteiger partial charge is 0.0925 e. The largest absolute Gasteiger partial charge is 0.344 e. The van der Waals surface area contributed by atoms with Gasteiger partial charge in [0.25, 0.3) is 0 Å². The fourth-order valence-electron chi connectivity index (χ4n) is 1.66. The Morgan fingerprint density at radius 3 is 1.44 bits per heavy atom. The third-order valence-corrected chi connectivity index (χ3v) is 4.61. The summed E-state index contributed by atoms with van der Waals surface area (Å²) >= 11 is 0. The van der Waals surface area contributed by atoms with Gasteiger partial charge in [-0.1, -0.05) is 60.7 Å². The first-order chi connectivity index (χ1) is 8.56. The van der Waals surface area contributed by atoms with Gasteiger partial charge in [0.05, 0.1) is 13.7 Å². The number of hydrogen-bond donors (Lipinski definition) is 0. The van der Waals surface area contributed by atoms with Crippen LogP contribution in [0.3, 0.4) is 0 Å². The second-order valence-corrected chi connectivity index (χ2v) is 6.97. The Labute approximate surface area is 111 Å². The van der Waals surface area contributed by atoms with E-state index in [2.05, 4.69) is 69.3 Å². The molecule has 2 aromatic carbocycles. The van der Waals surface area contributed by atoms with Crippen molar-refractivity contribution in [3.8, 4) is 0 Å². The molecule has 0 bridgehead atoms. The van der Waals surface area contributed by atoms with Gasteiger partial charge in [0.1, 0.15) is 0 Å². The standard InChI is InChI=1S/C16H19OP/c1-16(2,3)17-18(14-10-6-4-7-11-14)15-12-8-5-9-13-15/h4-13H,1-3H3. The van der Waals surface area contributed by atoms with Crippen molar-refractivity contribution in [3.63, 3.8) is 0 Å². The third-order valence-electron chi connectivity index (χ3n) is 2.35. The summed E-state index contributed by atoms with van der Waals surface area (Å²) in [5.74, 6) is 0. The van der Waals surface area contributed by atoms with Crippen molar-refractivity contribution in [3.05, 3.63) is 60.7 Å². The van der Waals surface area contributed by atoms with Crippen molar-refractivity contribution in [1.82, 2.24) is 0 Å². The fraction of sp³-hybridized carbons (Fsp3) is 0.250. The Morgan fingerprint density at radius 1 is 0.722 bits per heavy atom. The lowest BCUT2D eigenvalue weighted by Crippen LogP contribution is -2.23. The van der Waals surface area contributed by atoms with Crippen LogP contribution in [-0.4, -0.2) is 5.60 Å². The highest BCUT2D eigenvalue weighted by Gasteiger charge is 2.22. The summed E-state index contributed by atoms with van der Waals surface area (Å²) in [7, 11) is -0.739. The summed E-state index contributed by atoms with van der Waals surface area (Å²) < 4.78 is 6.27. The molecule has 0 aromatic heterocycles. The summed E-state index contributed by atoms with van der Waals surface area (Å²) in [6.07, 6.45) is 0. The molecule has 0 fully saturated rings. The van der Waals surface area contributed by atoms with Gasteiger partial charge in [-0.15, -0.1) is 0 Å². The minimum atomic E-state index is -0.739. The second-order valence-electron chi connectivity index (χ2n) is 5.17. The van der Waals surface area contributed by atoms with E-state index < -0.39 is 8.15 Å². The molecule has 0 heterocycles. The molecule has 0 aliphatic rings. The highest BCUT2D eigenvalue weighted by molar-refractivity contribution is 7.68. The Hall–Kier alpha value is -1.17. The molecule has 2 heteroatoms. The Morgan fingerprint density at radius 2 is 1.11 bits per heavy atom. The van der Waals surface area contributed by atoms with Gasteiger partial charge in [0, 0.05) is 10.6 Å². The lowest BCUT2D eigenvalue weighted by molar-refractivity contribution is 0.155. The van der Waals surface area contributed by atoms with Gasteiger partial charge in [0.2, 0.25) is 0 Å². The van der Waals surface area contributed by atoms with E-state index in [9.17, 15) is 0 Å². The van der Waals surface area contributed by atoms with Crippen molar-refractivity contribution < 1.29 is 4.52 Å².